The van der Waals surface area contributed by atoms with Gasteiger partial charge in [0, 0.05) is 33.7 Å². The lowest BCUT2D eigenvalue weighted by Crippen LogP contribution is -1.92. The van der Waals surface area contributed by atoms with Crippen LogP contribution in [0.1, 0.15) is 0 Å². The van der Waals surface area contributed by atoms with E-state index in [1.165, 1.54) is 10.9 Å². The fraction of sp³-hybridized carbons (Fsp3) is 0. The van der Waals surface area contributed by atoms with E-state index in [1.54, 1.807) is 6.20 Å². The number of hydrogen-bond donors (Lipinski definition) is 0. The van der Waals surface area contributed by atoms with Crippen LogP contribution in [-0.4, -0.2) is 19.9 Å². The first kappa shape index (κ1) is 27.8. The van der Waals surface area contributed by atoms with Crippen molar-refractivity contribution in [3.8, 4) is 56.3 Å². The molecule has 0 radical (unpaired) electrons. The second-order valence-electron chi connectivity index (χ2n) is 11.9. The zero-order valence-electron chi connectivity index (χ0n) is 26.0. The van der Waals surface area contributed by atoms with Crippen molar-refractivity contribution in [3.63, 3.8) is 0 Å². The minimum Gasteiger partial charge on any atom is -0.255 e. The highest BCUT2D eigenvalue weighted by Gasteiger charge is 2.13. The van der Waals surface area contributed by atoms with Crippen LogP contribution in [0.4, 0.5) is 0 Å². The largest absolute Gasteiger partial charge is 0.255 e. The van der Waals surface area contributed by atoms with Gasteiger partial charge in [-0.05, 0) is 58.3 Å². The maximum absolute atomic E-state index is 5.26. The molecule has 0 unspecified atom stereocenters. The molecule has 0 fully saturated rings. The standard InChI is InChI=1S/C44H28N4/c1-2-9-30(10-3-1)39-26-22-32-20-21-33-23-27-40(48-44(33)43(32)47-39)37-25-24-34(35-11-4-5-12-36(35)37)29-16-18-31(19-17-29)38-14-8-15-42(46-38)41-13-6-7-28-45-41/h1-28H. The van der Waals surface area contributed by atoms with Crippen molar-refractivity contribution in [1.29, 1.82) is 0 Å². The van der Waals surface area contributed by atoms with Crippen LogP contribution < -0.4 is 0 Å². The van der Waals surface area contributed by atoms with Crippen molar-refractivity contribution < 1.29 is 0 Å². The highest BCUT2D eigenvalue weighted by molar-refractivity contribution is 6.07. The molecule has 0 spiro atoms. The van der Waals surface area contributed by atoms with E-state index in [1.807, 2.05) is 54.6 Å². The maximum atomic E-state index is 5.26. The van der Waals surface area contributed by atoms with Crippen molar-refractivity contribution in [2.45, 2.75) is 0 Å². The highest BCUT2D eigenvalue weighted by Crippen LogP contribution is 2.37. The van der Waals surface area contributed by atoms with E-state index in [-0.39, 0.29) is 0 Å². The molecule has 0 bridgehead atoms. The van der Waals surface area contributed by atoms with Crippen LogP contribution in [0.3, 0.4) is 0 Å². The molecule has 0 atom stereocenters. The van der Waals surface area contributed by atoms with Crippen LogP contribution in [-0.2, 0) is 0 Å². The van der Waals surface area contributed by atoms with Gasteiger partial charge >= 0.3 is 0 Å². The first-order valence-electron chi connectivity index (χ1n) is 16.1. The quantitative estimate of drug-likeness (QED) is 0.181. The molecule has 9 rings (SSSR count). The first-order valence-corrected chi connectivity index (χ1v) is 16.1. The molecule has 0 aliphatic carbocycles. The molecule has 0 saturated carbocycles. The zero-order valence-corrected chi connectivity index (χ0v) is 26.0. The molecule has 0 aliphatic heterocycles. The number of nitrogens with zero attached hydrogens (tertiary/aromatic N) is 4. The second-order valence-corrected chi connectivity index (χ2v) is 11.9. The zero-order chi connectivity index (χ0) is 31.9. The summed E-state index contributed by atoms with van der Waals surface area (Å²) in [5.74, 6) is 0. The fourth-order valence-corrected chi connectivity index (χ4v) is 6.53. The molecule has 0 aliphatic rings. The van der Waals surface area contributed by atoms with E-state index in [9.17, 15) is 0 Å². The Morgan fingerprint density at radius 2 is 0.833 bits per heavy atom. The SMILES string of the molecule is c1ccc(-c2ccc3ccc4ccc(-c5ccc(-c6ccc(-c7cccc(-c8ccccn8)n7)cc6)c6ccccc56)nc4c3n2)cc1. The van der Waals surface area contributed by atoms with Gasteiger partial charge in [0.15, 0.2) is 0 Å². The smallest absolute Gasteiger partial charge is 0.0972 e. The first-order chi connectivity index (χ1) is 23.8. The van der Waals surface area contributed by atoms with Crippen LogP contribution in [0.5, 0.6) is 0 Å². The fourth-order valence-electron chi connectivity index (χ4n) is 6.53. The predicted octanol–water partition coefficient (Wildman–Crippen LogP) is 11.1. The summed E-state index contributed by atoms with van der Waals surface area (Å²) in [6.07, 6.45) is 1.80. The summed E-state index contributed by atoms with van der Waals surface area (Å²) in [6.45, 7) is 0. The van der Waals surface area contributed by atoms with E-state index in [2.05, 4.69) is 114 Å². The van der Waals surface area contributed by atoms with Crippen molar-refractivity contribution in [3.05, 3.63) is 170 Å². The van der Waals surface area contributed by atoms with E-state index >= 15 is 0 Å². The molecule has 0 amide bonds. The molecule has 0 saturated heterocycles. The van der Waals surface area contributed by atoms with Gasteiger partial charge in [-0.15, -0.1) is 0 Å². The Balaban J connectivity index is 1.11. The van der Waals surface area contributed by atoms with Crippen molar-refractivity contribution in [2.24, 2.45) is 0 Å². The maximum Gasteiger partial charge on any atom is 0.0972 e. The molecule has 224 valence electrons. The van der Waals surface area contributed by atoms with Gasteiger partial charge in [0.1, 0.15) is 0 Å². The van der Waals surface area contributed by atoms with Gasteiger partial charge in [0.25, 0.3) is 0 Å². The summed E-state index contributed by atoms with van der Waals surface area (Å²) < 4.78 is 0. The molecule has 48 heavy (non-hydrogen) atoms. The molecule has 4 heterocycles. The summed E-state index contributed by atoms with van der Waals surface area (Å²) >= 11 is 0. The minimum atomic E-state index is 0.862. The van der Waals surface area contributed by atoms with Gasteiger partial charge in [-0.1, -0.05) is 127 Å². The van der Waals surface area contributed by atoms with Crippen LogP contribution in [0.2, 0.25) is 0 Å². The summed E-state index contributed by atoms with van der Waals surface area (Å²) in [6, 6.07) is 56.7. The number of aromatic nitrogens is 4. The van der Waals surface area contributed by atoms with Crippen LogP contribution in [0, 0.1) is 0 Å². The lowest BCUT2D eigenvalue weighted by Gasteiger charge is -2.13. The Hall–Kier alpha value is -6.52. The van der Waals surface area contributed by atoms with Gasteiger partial charge in [-0.25, -0.2) is 15.0 Å². The van der Waals surface area contributed by atoms with Gasteiger partial charge < -0.3 is 0 Å². The summed E-state index contributed by atoms with van der Waals surface area (Å²) in [4.78, 5) is 19.7. The molecule has 4 aromatic heterocycles. The Kier molecular flexibility index (Phi) is 6.76. The third kappa shape index (κ3) is 4.97. The van der Waals surface area contributed by atoms with Crippen molar-refractivity contribution in [1.82, 2.24) is 19.9 Å². The van der Waals surface area contributed by atoms with E-state index in [0.717, 1.165) is 77.9 Å². The average Bonchev–Trinajstić information content (AvgIpc) is 3.18. The second kappa shape index (κ2) is 11.7. The Morgan fingerprint density at radius 1 is 0.292 bits per heavy atom. The van der Waals surface area contributed by atoms with Crippen molar-refractivity contribution in [2.75, 3.05) is 0 Å². The topological polar surface area (TPSA) is 51.6 Å². The molecule has 9 aromatic rings. The third-order valence-corrected chi connectivity index (χ3v) is 8.96. The molecule has 4 heteroatoms. The van der Waals surface area contributed by atoms with Gasteiger partial charge in [-0.3, -0.25) is 4.98 Å². The average molecular weight is 613 g/mol. The van der Waals surface area contributed by atoms with E-state index < -0.39 is 0 Å². The number of fused-ring (bicyclic) bond motifs is 4. The molecular formula is C44H28N4. The van der Waals surface area contributed by atoms with Crippen LogP contribution in [0.15, 0.2) is 170 Å². The van der Waals surface area contributed by atoms with E-state index in [4.69, 9.17) is 15.0 Å². The highest BCUT2D eigenvalue weighted by atomic mass is 14.8. The number of rotatable bonds is 5. The Labute approximate surface area is 278 Å². The van der Waals surface area contributed by atoms with E-state index in [0.29, 0.717) is 0 Å². The summed E-state index contributed by atoms with van der Waals surface area (Å²) in [5.41, 5.74) is 11.9. The van der Waals surface area contributed by atoms with Gasteiger partial charge in [-0.2, -0.15) is 0 Å². The van der Waals surface area contributed by atoms with Crippen LogP contribution in [0.25, 0.3) is 88.9 Å². The lowest BCUT2D eigenvalue weighted by atomic mass is 9.93. The van der Waals surface area contributed by atoms with Crippen LogP contribution >= 0.6 is 0 Å². The number of pyridine rings is 4. The number of benzene rings is 5. The lowest BCUT2D eigenvalue weighted by molar-refractivity contribution is 1.25. The van der Waals surface area contributed by atoms with Crippen molar-refractivity contribution >= 4 is 32.6 Å². The predicted molar refractivity (Wildman–Crippen MR) is 197 cm³/mol. The minimum absolute atomic E-state index is 0.862. The summed E-state index contributed by atoms with van der Waals surface area (Å²) in [5, 5.41) is 4.50. The molecule has 0 N–H and O–H groups in total. The summed E-state index contributed by atoms with van der Waals surface area (Å²) in [7, 11) is 0. The number of hydrogen-bond acceptors (Lipinski definition) is 4. The van der Waals surface area contributed by atoms with Gasteiger partial charge in [0.05, 0.1) is 39.5 Å². The molecular weight excluding hydrogens is 585 g/mol. The molecule has 5 aromatic carbocycles. The Morgan fingerprint density at radius 3 is 1.58 bits per heavy atom. The molecule has 4 nitrogen and oxygen atoms in total. The third-order valence-electron chi connectivity index (χ3n) is 8.96. The normalized spacial score (nSPS) is 11.3. The monoisotopic (exact) mass is 612 g/mol. The Bertz CT molecular complexity index is 2600. The van der Waals surface area contributed by atoms with Gasteiger partial charge in [0.2, 0.25) is 0 Å².